The van der Waals surface area contributed by atoms with Gasteiger partial charge in [-0.05, 0) is 87.0 Å². The van der Waals surface area contributed by atoms with E-state index >= 15 is 0 Å². The molecule has 228 valence electrons. The van der Waals surface area contributed by atoms with Crippen molar-refractivity contribution in [3.05, 3.63) is 103 Å². The van der Waals surface area contributed by atoms with E-state index in [9.17, 15) is 15.4 Å². The molecule has 12 heteroatoms. The Kier molecular flexibility index (Phi) is 7.31. The van der Waals surface area contributed by atoms with Crippen molar-refractivity contribution in [1.29, 1.82) is 5.26 Å². The van der Waals surface area contributed by atoms with Crippen LogP contribution in [0.15, 0.2) is 48.7 Å². The summed E-state index contributed by atoms with van der Waals surface area (Å²) in [5.41, 5.74) is 6.32. The molecule has 3 aromatic carbocycles. The van der Waals surface area contributed by atoms with Crippen LogP contribution in [-0.4, -0.2) is 39.8 Å². The van der Waals surface area contributed by atoms with E-state index < -0.39 is 4.92 Å². The zero-order valence-electron chi connectivity index (χ0n) is 24.6. The summed E-state index contributed by atoms with van der Waals surface area (Å²) < 4.78 is 25.2. The number of nitro groups is 1. The minimum absolute atomic E-state index is 0.0574. The van der Waals surface area contributed by atoms with Gasteiger partial charge in [0.25, 0.3) is 0 Å². The quantitative estimate of drug-likeness (QED) is 0.133. The van der Waals surface area contributed by atoms with Crippen LogP contribution in [0.4, 0.5) is 5.82 Å². The van der Waals surface area contributed by atoms with Crippen LogP contribution < -0.4 is 18.9 Å². The number of methoxy groups -OCH3 is 1. The first-order valence-corrected chi connectivity index (χ1v) is 14.8. The number of halogens is 1. The van der Waals surface area contributed by atoms with Gasteiger partial charge in [0.2, 0.25) is 12.6 Å². The lowest BCUT2D eigenvalue weighted by atomic mass is 9.81. The van der Waals surface area contributed by atoms with E-state index in [1.807, 2.05) is 30.3 Å². The van der Waals surface area contributed by atoms with Crippen LogP contribution in [0.5, 0.6) is 23.0 Å². The molecule has 3 aliphatic rings. The normalized spacial score (nSPS) is 16.8. The fourth-order valence-electron chi connectivity index (χ4n) is 6.40. The standard InChI is InChI=1S/C33H28ClN5O6/c1-19-36-32(39(40)41)16-38(19)24(14-35)9-22-11-31(42-2)33(43-17-20-3-5-23(34)6-4-20)27-15-37-8-7-21-10-29-30(45-18-44-29)13-26(21)28(37)12-25(22)27/h3-6,9-11,13,16,28H,7-8,12,15,17-18H2,1-2H3/b24-9+. The highest BCUT2D eigenvalue weighted by Gasteiger charge is 2.37. The SMILES string of the molecule is COc1cc(/C=C(\C#N)n2cc([N+](=O)[O-])nc2C)c2c(c1OCc1ccc(Cl)cc1)CN1CCc3cc4c(cc3C1C2)OCO4. The minimum Gasteiger partial charge on any atom is -0.493 e. The van der Waals surface area contributed by atoms with Gasteiger partial charge in [0.1, 0.15) is 24.6 Å². The van der Waals surface area contributed by atoms with Gasteiger partial charge in [0.15, 0.2) is 23.0 Å². The summed E-state index contributed by atoms with van der Waals surface area (Å²) in [5.74, 6) is 2.69. The molecule has 7 rings (SSSR count). The molecule has 11 nitrogen and oxygen atoms in total. The fourth-order valence-corrected chi connectivity index (χ4v) is 6.52. The van der Waals surface area contributed by atoms with Crippen LogP contribution in [-0.2, 0) is 26.0 Å². The molecule has 0 amide bonds. The number of nitrogens with zero attached hydrogens (tertiary/aromatic N) is 5. The zero-order chi connectivity index (χ0) is 31.2. The Hall–Kier alpha value is -5.05. The predicted octanol–water partition coefficient (Wildman–Crippen LogP) is 6.25. The minimum atomic E-state index is -0.573. The average molecular weight is 626 g/mol. The number of nitriles is 1. The van der Waals surface area contributed by atoms with Gasteiger partial charge in [-0.2, -0.15) is 5.26 Å². The van der Waals surface area contributed by atoms with E-state index in [-0.39, 0.29) is 24.3 Å². The Morgan fingerprint density at radius 3 is 2.71 bits per heavy atom. The first-order chi connectivity index (χ1) is 21.8. The lowest BCUT2D eigenvalue weighted by Crippen LogP contribution is -2.39. The van der Waals surface area contributed by atoms with E-state index in [0.717, 1.165) is 46.7 Å². The second-order valence-electron chi connectivity index (χ2n) is 11.1. The first-order valence-electron chi connectivity index (χ1n) is 14.4. The monoisotopic (exact) mass is 625 g/mol. The van der Waals surface area contributed by atoms with Gasteiger partial charge in [-0.15, -0.1) is 0 Å². The molecule has 0 fully saturated rings. The van der Waals surface area contributed by atoms with Crippen molar-refractivity contribution in [3.8, 4) is 29.1 Å². The molecule has 4 aromatic rings. The van der Waals surface area contributed by atoms with Gasteiger partial charge in [0, 0.05) is 36.6 Å². The van der Waals surface area contributed by atoms with Crippen molar-refractivity contribution in [1.82, 2.24) is 14.5 Å². The molecule has 45 heavy (non-hydrogen) atoms. The number of aryl methyl sites for hydroxylation is 1. The zero-order valence-corrected chi connectivity index (χ0v) is 25.3. The maximum absolute atomic E-state index is 11.4. The third-order valence-electron chi connectivity index (χ3n) is 8.60. The average Bonchev–Trinajstić information content (AvgIpc) is 3.67. The molecule has 0 bridgehead atoms. The maximum atomic E-state index is 11.4. The van der Waals surface area contributed by atoms with Crippen LogP contribution in [0.3, 0.4) is 0 Å². The number of rotatable bonds is 7. The molecule has 4 heterocycles. The third kappa shape index (κ3) is 5.22. The number of imidazole rings is 1. The maximum Gasteiger partial charge on any atom is 0.382 e. The number of allylic oxidation sites excluding steroid dienone is 1. The summed E-state index contributed by atoms with van der Waals surface area (Å²) in [4.78, 5) is 17.3. The summed E-state index contributed by atoms with van der Waals surface area (Å²) in [6, 6.07) is 15.8. The van der Waals surface area contributed by atoms with Crippen LogP contribution in [0.1, 0.15) is 45.2 Å². The largest absolute Gasteiger partial charge is 0.493 e. The topological polar surface area (TPSA) is 125 Å². The Bertz CT molecular complexity index is 1910. The summed E-state index contributed by atoms with van der Waals surface area (Å²) >= 11 is 6.10. The number of ether oxygens (including phenoxy) is 4. The van der Waals surface area contributed by atoms with Crippen molar-refractivity contribution in [2.45, 2.75) is 39.0 Å². The van der Waals surface area contributed by atoms with E-state index in [2.05, 4.69) is 28.1 Å². The predicted molar refractivity (Wildman–Crippen MR) is 165 cm³/mol. The molecule has 1 atom stereocenters. The number of fused-ring (bicyclic) bond motifs is 5. The second-order valence-corrected chi connectivity index (χ2v) is 11.6. The fraction of sp³-hybridized carbons (Fsp3) is 0.273. The third-order valence-corrected chi connectivity index (χ3v) is 8.85. The van der Waals surface area contributed by atoms with Crippen molar-refractivity contribution in [2.24, 2.45) is 0 Å². The van der Waals surface area contributed by atoms with Crippen molar-refractivity contribution in [2.75, 3.05) is 20.4 Å². The number of aromatic nitrogens is 2. The highest BCUT2D eigenvalue weighted by Crippen LogP contribution is 2.48. The van der Waals surface area contributed by atoms with Gasteiger partial charge < -0.3 is 29.1 Å². The Labute approximate surface area is 263 Å². The first kappa shape index (κ1) is 28.7. The molecule has 0 radical (unpaired) electrons. The highest BCUT2D eigenvalue weighted by atomic mass is 35.5. The molecule has 0 aliphatic carbocycles. The van der Waals surface area contributed by atoms with Crippen molar-refractivity contribution in [3.63, 3.8) is 0 Å². The molecule has 0 saturated carbocycles. The van der Waals surface area contributed by atoms with E-state index in [1.165, 1.54) is 21.9 Å². The van der Waals surface area contributed by atoms with Crippen LogP contribution >= 0.6 is 11.6 Å². The Morgan fingerprint density at radius 2 is 2.00 bits per heavy atom. The van der Waals surface area contributed by atoms with Gasteiger partial charge in [-0.1, -0.05) is 23.7 Å². The summed E-state index contributed by atoms with van der Waals surface area (Å²) in [7, 11) is 1.59. The Balaban J connectivity index is 1.35. The number of hydrogen-bond acceptors (Lipinski definition) is 9. The van der Waals surface area contributed by atoms with Gasteiger partial charge in [0.05, 0.1) is 7.11 Å². The molecule has 3 aliphatic heterocycles. The second kappa shape index (κ2) is 11.5. The van der Waals surface area contributed by atoms with E-state index in [4.69, 9.17) is 30.5 Å². The molecular weight excluding hydrogens is 598 g/mol. The molecule has 0 spiro atoms. The molecule has 0 N–H and O–H groups in total. The molecule has 1 unspecified atom stereocenters. The summed E-state index contributed by atoms with van der Waals surface area (Å²) in [6.07, 6.45) is 4.50. The van der Waals surface area contributed by atoms with E-state index in [1.54, 1.807) is 20.1 Å². The summed E-state index contributed by atoms with van der Waals surface area (Å²) in [5, 5.41) is 22.3. The van der Waals surface area contributed by atoms with Crippen LogP contribution in [0, 0.1) is 28.4 Å². The molecular formula is C33H28ClN5O6. The van der Waals surface area contributed by atoms with Crippen LogP contribution in [0.2, 0.25) is 5.02 Å². The van der Waals surface area contributed by atoms with Crippen LogP contribution in [0.25, 0.3) is 11.8 Å². The van der Waals surface area contributed by atoms with E-state index in [0.29, 0.717) is 41.9 Å². The number of hydrogen-bond donors (Lipinski definition) is 0. The lowest BCUT2D eigenvalue weighted by molar-refractivity contribution is -0.389. The lowest BCUT2D eigenvalue weighted by Gasteiger charge is -2.42. The van der Waals surface area contributed by atoms with Gasteiger partial charge in [-0.25, -0.2) is 0 Å². The van der Waals surface area contributed by atoms with Gasteiger partial charge in [-0.3, -0.25) is 9.47 Å². The van der Waals surface area contributed by atoms with Crippen molar-refractivity contribution >= 4 is 29.2 Å². The highest BCUT2D eigenvalue weighted by molar-refractivity contribution is 6.30. The smallest absolute Gasteiger partial charge is 0.382 e. The van der Waals surface area contributed by atoms with Gasteiger partial charge >= 0.3 is 5.82 Å². The number of benzene rings is 3. The molecule has 1 aromatic heterocycles. The summed E-state index contributed by atoms with van der Waals surface area (Å²) in [6.45, 7) is 3.59. The Morgan fingerprint density at radius 1 is 1.22 bits per heavy atom. The molecule has 0 saturated heterocycles. The van der Waals surface area contributed by atoms with Crippen molar-refractivity contribution < 1.29 is 23.9 Å².